The quantitative estimate of drug-likeness (QED) is 0.492. The predicted molar refractivity (Wildman–Crippen MR) is 129 cm³/mol. The molecule has 182 valence electrons. The van der Waals surface area contributed by atoms with Gasteiger partial charge in [-0.05, 0) is 62.4 Å². The van der Waals surface area contributed by atoms with Crippen molar-refractivity contribution >= 4 is 29.8 Å². The highest BCUT2D eigenvalue weighted by Gasteiger charge is 2.62. The largest absolute Gasteiger partial charge is 0.470 e. The van der Waals surface area contributed by atoms with Crippen LogP contribution >= 0.6 is 11.9 Å². The fourth-order valence-corrected chi connectivity index (χ4v) is 5.45. The second-order valence-corrected chi connectivity index (χ2v) is 10.3. The van der Waals surface area contributed by atoms with E-state index >= 15 is 4.39 Å². The summed E-state index contributed by atoms with van der Waals surface area (Å²) in [5, 5.41) is 3.83. The molecule has 0 bridgehead atoms. The summed E-state index contributed by atoms with van der Waals surface area (Å²) in [5.41, 5.74) is 6.73. The molecule has 0 unspecified atom stereocenters. The van der Waals surface area contributed by atoms with Crippen molar-refractivity contribution in [3.8, 4) is 5.88 Å². The number of aryl methyl sites for hydroxylation is 1. The highest BCUT2D eigenvalue weighted by molar-refractivity contribution is 7.99. The Bertz CT molecular complexity index is 1320. The number of nitrogens with two attached hydrogens (primary N) is 1. The molecule has 1 fully saturated rings. The van der Waals surface area contributed by atoms with Crippen LogP contribution in [0.5, 0.6) is 5.88 Å². The number of hydrogen-bond donors (Lipinski definition) is 1. The van der Waals surface area contributed by atoms with E-state index in [-0.39, 0.29) is 22.9 Å². The number of aliphatic imine (C=N–C) groups is 1. The molecule has 3 heterocycles. The van der Waals surface area contributed by atoms with Crippen molar-refractivity contribution in [2.45, 2.75) is 43.6 Å². The molecule has 1 spiro atoms. The maximum absolute atomic E-state index is 15.0. The zero-order valence-electron chi connectivity index (χ0n) is 19.5. The SMILES string of the molecule is Cc1cc(COc2cnc(/C(F)=C/c3ccc(F)c([C@@]4(C)N=C(N)N(C)SC45CC5)c3)cn2)no1. The van der Waals surface area contributed by atoms with Gasteiger partial charge in [-0.1, -0.05) is 11.2 Å². The molecule has 1 aliphatic carbocycles. The molecular formula is C24H24F2N6O2S. The molecule has 1 atom stereocenters. The molecule has 1 saturated carbocycles. The van der Waals surface area contributed by atoms with E-state index in [4.69, 9.17) is 15.0 Å². The normalized spacial score (nSPS) is 21.2. The lowest BCUT2D eigenvalue weighted by molar-refractivity contribution is 0.276. The van der Waals surface area contributed by atoms with Crippen LogP contribution in [0.3, 0.4) is 0 Å². The van der Waals surface area contributed by atoms with Crippen LogP contribution in [0, 0.1) is 12.7 Å². The van der Waals surface area contributed by atoms with E-state index in [9.17, 15) is 4.39 Å². The summed E-state index contributed by atoms with van der Waals surface area (Å²) in [5.74, 6) is 0.219. The lowest BCUT2D eigenvalue weighted by Gasteiger charge is -2.42. The van der Waals surface area contributed by atoms with E-state index in [1.165, 1.54) is 30.6 Å². The summed E-state index contributed by atoms with van der Waals surface area (Å²) in [6.45, 7) is 3.83. The van der Waals surface area contributed by atoms with Gasteiger partial charge in [-0.15, -0.1) is 0 Å². The maximum atomic E-state index is 15.0. The Kier molecular flexibility index (Phi) is 5.74. The smallest absolute Gasteiger partial charge is 0.232 e. The number of benzene rings is 1. The average molecular weight is 499 g/mol. The van der Waals surface area contributed by atoms with Gasteiger partial charge in [-0.25, -0.2) is 23.7 Å². The van der Waals surface area contributed by atoms with Gasteiger partial charge in [0.15, 0.2) is 5.83 Å². The number of nitrogens with zero attached hydrogens (tertiary/aromatic N) is 5. The summed E-state index contributed by atoms with van der Waals surface area (Å²) in [6.07, 6.45) is 5.69. The fraction of sp³-hybridized carbons (Fsp3) is 0.333. The van der Waals surface area contributed by atoms with Crippen molar-refractivity contribution < 1.29 is 18.0 Å². The Morgan fingerprint density at radius 1 is 1.29 bits per heavy atom. The Morgan fingerprint density at radius 3 is 2.74 bits per heavy atom. The second kappa shape index (κ2) is 8.63. The first kappa shape index (κ1) is 23.3. The molecule has 35 heavy (non-hydrogen) atoms. The van der Waals surface area contributed by atoms with Crippen molar-refractivity contribution in [3.05, 3.63) is 70.8 Å². The van der Waals surface area contributed by atoms with Crippen LogP contribution in [0.1, 0.15) is 48.0 Å². The predicted octanol–water partition coefficient (Wildman–Crippen LogP) is 4.61. The van der Waals surface area contributed by atoms with Gasteiger partial charge >= 0.3 is 0 Å². The van der Waals surface area contributed by atoms with Crippen molar-refractivity contribution in [2.24, 2.45) is 10.7 Å². The molecule has 0 saturated heterocycles. The first-order valence-electron chi connectivity index (χ1n) is 11.0. The molecule has 11 heteroatoms. The molecule has 8 nitrogen and oxygen atoms in total. The third-order valence-corrected chi connectivity index (χ3v) is 7.91. The monoisotopic (exact) mass is 498 g/mol. The van der Waals surface area contributed by atoms with Gasteiger partial charge in [0.2, 0.25) is 11.8 Å². The number of ether oxygens (including phenoxy) is 1. The summed E-state index contributed by atoms with van der Waals surface area (Å²) in [6, 6.07) is 6.22. The minimum atomic E-state index is -0.861. The van der Waals surface area contributed by atoms with Gasteiger partial charge < -0.3 is 15.0 Å². The van der Waals surface area contributed by atoms with Gasteiger partial charge in [-0.2, -0.15) is 0 Å². The van der Waals surface area contributed by atoms with Crippen molar-refractivity contribution in [3.63, 3.8) is 0 Å². The van der Waals surface area contributed by atoms with Gasteiger partial charge in [0.1, 0.15) is 35.1 Å². The zero-order chi connectivity index (χ0) is 24.8. The van der Waals surface area contributed by atoms with Crippen molar-refractivity contribution in [1.29, 1.82) is 0 Å². The van der Waals surface area contributed by atoms with Crippen LogP contribution in [0.15, 0.2) is 46.2 Å². The zero-order valence-corrected chi connectivity index (χ0v) is 20.3. The molecule has 2 N–H and O–H groups in total. The molecule has 3 aromatic rings. The summed E-state index contributed by atoms with van der Waals surface area (Å²) in [4.78, 5) is 12.9. The lowest BCUT2D eigenvalue weighted by atomic mass is 9.85. The van der Waals surface area contributed by atoms with Gasteiger partial charge in [0.05, 0.1) is 17.1 Å². The molecule has 0 radical (unpaired) electrons. The molecule has 1 aromatic carbocycles. The molecule has 1 aliphatic heterocycles. The van der Waals surface area contributed by atoms with Gasteiger partial charge in [0.25, 0.3) is 0 Å². The minimum absolute atomic E-state index is 0.0301. The third kappa shape index (κ3) is 4.36. The van der Waals surface area contributed by atoms with Gasteiger partial charge in [-0.3, -0.25) is 4.31 Å². The number of guanidine groups is 1. The summed E-state index contributed by atoms with van der Waals surface area (Å²) >= 11 is 1.58. The van der Waals surface area contributed by atoms with E-state index in [0.29, 0.717) is 28.5 Å². The van der Waals surface area contributed by atoms with Crippen LogP contribution in [-0.4, -0.2) is 37.2 Å². The van der Waals surface area contributed by atoms with Crippen LogP contribution in [0.25, 0.3) is 11.9 Å². The van der Waals surface area contributed by atoms with Crippen LogP contribution in [-0.2, 0) is 12.1 Å². The fourth-order valence-electron chi connectivity index (χ4n) is 4.17. The van der Waals surface area contributed by atoms with E-state index < -0.39 is 17.2 Å². The topological polar surface area (TPSA) is 103 Å². The Hall–Kier alpha value is -3.47. The van der Waals surface area contributed by atoms with Crippen molar-refractivity contribution in [2.75, 3.05) is 7.05 Å². The molecule has 2 aliphatic rings. The second-order valence-electron chi connectivity index (χ2n) is 8.81. The first-order chi connectivity index (χ1) is 16.7. The number of hydrogen-bond acceptors (Lipinski definition) is 9. The number of rotatable bonds is 6. The number of halogens is 2. The van der Waals surface area contributed by atoms with Crippen molar-refractivity contribution in [1.82, 2.24) is 19.4 Å². The van der Waals surface area contributed by atoms with E-state index in [2.05, 4.69) is 20.1 Å². The van der Waals surface area contributed by atoms with E-state index in [0.717, 1.165) is 12.8 Å². The lowest BCUT2D eigenvalue weighted by Crippen LogP contribution is -2.47. The highest BCUT2D eigenvalue weighted by atomic mass is 32.2. The molecule has 2 aromatic heterocycles. The summed E-state index contributed by atoms with van der Waals surface area (Å²) < 4.78 is 42.0. The summed E-state index contributed by atoms with van der Waals surface area (Å²) in [7, 11) is 1.85. The van der Waals surface area contributed by atoms with Crippen LogP contribution in [0.4, 0.5) is 8.78 Å². The highest BCUT2D eigenvalue weighted by Crippen LogP contribution is 2.63. The average Bonchev–Trinajstić information content (AvgIpc) is 3.50. The first-order valence-corrected chi connectivity index (χ1v) is 11.8. The molecular weight excluding hydrogens is 474 g/mol. The van der Waals surface area contributed by atoms with E-state index in [1.807, 2.05) is 18.3 Å². The van der Waals surface area contributed by atoms with Gasteiger partial charge in [0, 0.05) is 18.7 Å². The number of aromatic nitrogens is 3. The third-order valence-electron chi connectivity index (χ3n) is 6.29. The minimum Gasteiger partial charge on any atom is -0.470 e. The van der Waals surface area contributed by atoms with E-state index in [1.54, 1.807) is 31.0 Å². The standard InChI is InChI=1S/C24H24F2N6O2S/c1-14-8-16(31-34-14)13-33-21-12-28-20(11-29-21)19(26)10-15-4-5-18(25)17(9-15)23(2)24(6-7-24)35-32(3)22(27)30-23/h4-5,8-12H,6-7,13H2,1-3H3,(H2,27,30)/b19-10-/t23-/m1/s1. The van der Waals surface area contributed by atoms with Crippen LogP contribution in [0.2, 0.25) is 0 Å². The Balaban J connectivity index is 1.37. The van der Waals surface area contributed by atoms with Crippen LogP contribution < -0.4 is 10.5 Å². The Labute approximate surface area is 205 Å². The molecule has 0 amide bonds. The Morgan fingerprint density at radius 2 is 2.09 bits per heavy atom. The maximum Gasteiger partial charge on any atom is 0.232 e. The molecule has 5 rings (SSSR count).